The van der Waals surface area contributed by atoms with Crippen LogP contribution in [0.4, 0.5) is 0 Å². The van der Waals surface area contributed by atoms with Crippen LogP contribution in [0.3, 0.4) is 0 Å². The van der Waals surface area contributed by atoms with Crippen molar-refractivity contribution in [1.82, 2.24) is 9.99 Å². The largest absolute Gasteiger partial charge is 0.446 e. The predicted molar refractivity (Wildman–Crippen MR) is 86.0 cm³/mol. The summed E-state index contributed by atoms with van der Waals surface area (Å²) in [5, 5.41) is 5.67. The lowest BCUT2D eigenvalue weighted by Gasteiger charge is -2.20. The molecule has 1 amide bonds. The maximum Gasteiger partial charge on any atom is 0.243 e. The minimum Gasteiger partial charge on any atom is -0.446 e. The first-order chi connectivity index (χ1) is 10.6. The average molecular weight is 360 g/mol. The highest BCUT2D eigenvalue weighted by Gasteiger charge is 2.33. The van der Waals surface area contributed by atoms with Crippen LogP contribution in [0, 0.1) is 6.92 Å². The van der Waals surface area contributed by atoms with Gasteiger partial charge >= 0.3 is 0 Å². The number of halogens is 1. The van der Waals surface area contributed by atoms with Gasteiger partial charge in [0.1, 0.15) is 0 Å². The van der Waals surface area contributed by atoms with Gasteiger partial charge in [-0.05, 0) is 34.5 Å². The minimum atomic E-state index is -0.548. The third-order valence-electron chi connectivity index (χ3n) is 3.37. The number of hydrogen-bond donors (Lipinski definition) is 0. The summed E-state index contributed by atoms with van der Waals surface area (Å²) in [4.78, 5) is 16.0. The zero-order chi connectivity index (χ0) is 15.7. The summed E-state index contributed by atoms with van der Waals surface area (Å²) in [6, 6.07) is 9.64. The molecule has 0 unspecified atom stereocenters. The van der Waals surface area contributed by atoms with E-state index in [1.165, 1.54) is 11.9 Å². The van der Waals surface area contributed by atoms with Crippen LogP contribution >= 0.6 is 15.9 Å². The highest BCUT2D eigenvalue weighted by atomic mass is 79.9. The molecule has 3 rings (SSSR count). The summed E-state index contributed by atoms with van der Waals surface area (Å²) in [5.41, 5.74) is 2.68. The quantitative estimate of drug-likeness (QED) is 0.825. The molecule has 2 heterocycles. The summed E-state index contributed by atoms with van der Waals surface area (Å²) >= 11 is 3.37. The van der Waals surface area contributed by atoms with E-state index in [1.54, 1.807) is 12.4 Å². The van der Waals surface area contributed by atoms with Crippen molar-refractivity contribution < 1.29 is 9.53 Å². The Morgan fingerprint density at radius 1 is 1.32 bits per heavy atom. The number of ether oxygens (including phenoxy) is 1. The van der Waals surface area contributed by atoms with Crippen LogP contribution in [-0.4, -0.2) is 21.8 Å². The van der Waals surface area contributed by atoms with E-state index >= 15 is 0 Å². The molecule has 22 heavy (non-hydrogen) atoms. The molecule has 5 nitrogen and oxygen atoms in total. The van der Waals surface area contributed by atoms with Gasteiger partial charge < -0.3 is 4.74 Å². The van der Waals surface area contributed by atoms with Crippen molar-refractivity contribution in [2.45, 2.75) is 20.1 Å². The lowest BCUT2D eigenvalue weighted by atomic mass is 10.1. The number of hydrogen-bond acceptors (Lipinski definition) is 4. The molecular formula is C16H14BrN3O2. The van der Waals surface area contributed by atoms with Crippen molar-refractivity contribution in [3.05, 3.63) is 63.9 Å². The Balaban J connectivity index is 1.99. The Kier molecular flexibility index (Phi) is 3.94. The van der Waals surface area contributed by atoms with E-state index in [2.05, 4.69) is 26.0 Å². The first-order valence-corrected chi connectivity index (χ1v) is 7.57. The van der Waals surface area contributed by atoms with Crippen molar-refractivity contribution in [3.8, 4) is 0 Å². The fourth-order valence-corrected chi connectivity index (χ4v) is 2.64. The SMILES string of the molecule is CC(=O)N1N=C(c2cncc(Br)c2)O[C@H]1c1ccccc1C. The van der Waals surface area contributed by atoms with Crippen LogP contribution in [0.5, 0.6) is 0 Å². The van der Waals surface area contributed by atoms with Crippen LogP contribution < -0.4 is 0 Å². The summed E-state index contributed by atoms with van der Waals surface area (Å²) in [7, 11) is 0. The highest BCUT2D eigenvalue weighted by Crippen LogP contribution is 2.32. The van der Waals surface area contributed by atoms with E-state index in [-0.39, 0.29) is 5.91 Å². The molecule has 0 bridgehead atoms. The van der Waals surface area contributed by atoms with E-state index in [0.29, 0.717) is 5.90 Å². The zero-order valence-corrected chi connectivity index (χ0v) is 13.7. The van der Waals surface area contributed by atoms with Crippen LogP contribution in [0.1, 0.15) is 29.8 Å². The summed E-state index contributed by atoms with van der Waals surface area (Å²) < 4.78 is 6.76. The lowest BCUT2D eigenvalue weighted by molar-refractivity contribution is -0.135. The fraction of sp³-hybridized carbons (Fsp3) is 0.188. The van der Waals surface area contributed by atoms with E-state index < -0.39 is 6.23 Å². The number of carbonyl (C=O) groups excluding carboxylic acids is 1. The molecule has 0 saturated carbocycles. The third-order valence-corrected chi connectivity index (χ3v) is 3.81. The Morgan fingerprint density at radius 3 is 2.77 bits per heavy atom. The van der Waals surface area contributed by atoms with Gasteiger partial charge in [-0.15, -0.1) is 5.10 Å². The first-order valence-electron chi connectivity index (χ1n) is 6.78. The van der Waals surface area contributed by atoms with Crippen molar-refractivity contribution in [3.63, 3.8) is 0 Å². The maximum absolute atomic E-state index is 11.9. The van der Waals surface area contributed by atoms with Crippen LogP contribution in [0.15, 0.2) is 52.3 Å². The van der Waals surface area contributed by atoms with Crippen LogP contribution in [-0.2, 0) is 9.53 Å². The Hall–Kier alpha value is -2.21. The normalized spacial score (nSPS) is 17.1. The molecule has 1 aromatic carbocycles. The second-order valence-corrected chi connectivity index (χ2v) is 5.90. The van der Waals surface area contributed by atoms with Gasteiger partial charge in [0.2, 0.25) is 18.0 Å². The van der Waals surface area contributed by atoms with Gasteiger partial charge in [0, 0.05) is 29.4 Å². The molecule has 6 heteroatoms. The predicted octanol–water partition coefficient (Wildman–Crippen LogP) is 3.39. The van der Waals surface area contributed by atoms with E-state index in [4.69, 9.17) is 4.74 Å². The Labute approximate surface area is 136 Å². The molecule has 0 radical (unpaired) electrons. The van der Waals surface area contributed by atoms with Crippen molar-refractivity contribution in [1.29, 1.82) is 0 Å². The molecule has 0 fully saturated rings. The number of pyridine rings is 1. The lowest BCUT2D eigenvalue weighted by Crippen LogP contribution is -2.25. The van der Waals surface area contributed by atoms with Gasteiger partial charge in [-0.3, -0.25) is 9.78 Å². The molecule has 1 aromatic heterocycles. The van der Waals surface area contributed by atoms with E-state index in [0.717, 1.165) is 21.2 Å². The molecule has 1 aliphatic heterocycles. The number of nitrogens with zero attached hydrogens (tertiary/aromatic N) is 3. The number of aryl methyl sites for hydroxylation is 1. The van der Waals surface area contributed by atoms with Gasteiger partial charge in [0.15, 0.2) is 0 Å². The van der Waals surface area contributed by atoms with Crippen molar-refractivity contribution in [2.24, 2.45) is 5.10 Å². The summed E-state index contributed by atoms with van der Waals surface area (Å²) in [6.07, 6.45) is 2.79. The molecule has 0 aliphatic carbocycles. The Bertz CT molecular complexity index is 761. The molecule has 112 valence electrons. The molecular weight excluding hydrogens is 346 g/mol. The number of benzene rings is 1. The monoisotopic (exact) mass is 359 g/mol. The minimum absolute atomic E-state index is 0.175. The molecule has 0 saturated heterocycles. The third kappa shape index (κ3) is 2.74. The van der Waals surface area contributed by atoms with Crippen LogP contribution in [0.25, 0.3) is 0 Å². The average Bonchev–Trinajstić information content (AvgIpc) is 2.93. The second kappa shape index (κ2) is 5.88. The number of hydrazone groups is 1. The molecule has 2 aromatic rings. The number of amides is 1. The topological polar surface area (TPSA) is 54.8 Å². The molecule has 0 N–H and O–H groups in total. The second-order valence-electron chi connectivity index (χ2n) is 4.99. The maximum atomic E-state index is 11.9. The standard InChI is InChI=1S/C16H14BrN3O2/c1-10-5-3-4-6-14(10)16-20(11(2)21)19-15(22-16)12-7-13(17)9-18-8-12/h3-9,16H,1-2H3/t16-/m0/s1. The first kappa shape index (κ1) is 14.7. The van der Waals surface area contributed by atoms with Gasteiger partial charge in [-0.1, -0.05) is 24.3 Å². The Morgan fingerprint density at radius 2 is 2.09 bits per heavy atom. The van der Waals surface area contributed by atoms with Gasteiger partial charge in [-0.2, -0.15) is 5.01 Å². The summed E-state index contributed by atoms with van der Waals surface area (Å²) in [5.74, 6) is 0.212. The molecule has 0 spiro atoms. The molecule has 1 atom stereocenters. The van der Waals surface area contributed by atoms with Gasteiger partial charge in [0.25, 0.3) is 0 Å². The van der Waals surface area contributed by atoms with Gasteiger partial charge in [-0.25, -0.2) is 0 Å². The van der Waals surface area contributed by atoms with Gasteiger partial charge in [0.05, 0.1) is 5.56 Å². The van der Waals surface area contributed by atoms with Crippen LogP contribution in [0.2, 0.25) is 0 Å². The zero-order valence-electron chi connectivity index (χ0n) is 12.2. The van der Waals surface area contributed by atoms with E-state index in [9.17, 15) is 4.79 Å². The van der Waals surface area contributed by atoms with Crippen molar-refractivity contribution in [2.75, 3.05) is 0 Å². The van der Waals surface area contributed by atoms with E-state index in [1.807, 2.05) is 37.3 Å². The smallest absolute Gasteiger partial charge is 0.243 e. The fourth-order valence-electron chi connectivity index (χ4n) is 2.28. The number of rotatable bonds is 2. The summed E-state index contributed by atoms with van der Waals surface area (Å²) in [6.45, 7) is 3.45. The molecule has 1 aliphatic rings. The van der Waals surface area contributed by atoms with Crippen molar-refractivity contribution >= 4 is 27.7 Å². The highest BCUT2D eigenvalue weighted by molar-refractivity contribution is 9.10. The number of carbonyl (C=O) groups is 1. The number of aromatic nitrogens is 1.